The summed E-state index contributed by atoms with van der Waals surface area (Å²) in [6.07, 6.45) is 1.81. The van der Waals surface area contributed by atoms with E-state index >= 15 is 0 Å². The van der Waals surface area contributed by atoms with Crippen LogP contribution in [0.1, 0.15) is 44.1 Å². The molecule has 0 radical (unpaired) electrons. The number of nitrogens with zero attached hydrogens (tertiary/aromatic N) is 7. The van der Waals surface area contributed by atoms with E-state index in [2.05, 4.69) is 47.4 Å². The third-order valence-electron chi connectivity index (χ3n) is 7.46. The second kappa shape index (κ2) is 8.28. The van der Waals surface area contributed by atoms with Gasteiger partial charge >= 0.3 is 5.69 Å². The lowest BCUT2D eigenvalue weighted by atomic mass is 9.94. The lowest BCUT2D eigenvalue weighted by molar-refractivity contribution is 0.0312. The van der Waals surface area contributed by atoms with E-state index in [0.29, 0.717) is 18.7 Å². The molecule has 3 aromatic heterocycles. The maximum Gasteiger partial charge on any atom is 0.328 e. The van der Waals surface area contributed by atoms with Crippen LogP contribution in [0.4, 0.5) is 5.69 Å². The van der Waals surface area contributed by atoms with E-state index in [1.54, 1.807) is 34.6 Å². The molecular formula is C29H31N7O2S. The molecule has 0 atom stereocenters. The Morgan fingerprint density at radius 3 is 2.41 bits per heavy atom. The Balaban J connectivity index is 1.67. The van der Waals surface area contributed by atoms with Crippen molar-refractivity contribution in [1.29, 1.82) is 5.26 Å². The van der Waals surface area contributed by atoms with Crippen LogP contribution in [-0.4, -0.2) is 47.5 Å². The quantitative estimate of drug-likeness (QED) is 0.363. The summed E-state index contributed by atoms with van der Waals surface area (Å²) in [5, 5.41) is 21.6. The highest BCUT2D eigenvalue weighted by Crippen LogP contribution is 2.39. The largest absolute Gasteiger partial charge is 0.386 e. The summed E-state index contributed by atoms with van der Waals surface area (Å²) >= 11 is 1.55. The third-order valence-corrected chi connectivity index (χ3v) is 8.40. The van der Waals surface area contributed by atoms with E-state index in [9.17, 15) is 15.2 Å². The van der Waals surface area contributed by atoms with E-state index in [4.69, 9.17) is 4.98 Å². The van der Waals surface area contributed by atoms with Crippen LogP contribution in [-0.2, 0) is 19.5 Å². The molecule has 6 rings (SSSR count). The van der Waals surface area contributed by atoms with Crippen LogP contribution in [0, 0.1) is 18.3 Å². The van der Waals surface area contributed by atoms with Gasteiger partial charge in [-0.25, -0.2) is 14.8 Å². The summed E-state index contributed by atoms with van der Waals surface area (Å²) in [4.78, 5) is 25.5. The Labute approximate surface area is 230 Å². The molecule has 0 aliphatic carbocycles. The van der Waals surface area contributed by atoms with Crippen molar-refractivity contribution < 1.29 is 5.11 Å². The summed E-state index contributed by atoms with van der Waals surface area (Å²) in [5.74, 6) is 0.848. The van der Waals surface area contributed by atoms with Crippen LogP contribution in [0.15, 0.2) is 35.3 Å². The normalized spacial score (nSPS) is 15.2. The minimum Gasteiger partial charge on any atom is -0.386 e. The van der Waals surface area contributed by atoms with Gasteiger partial charge in [0.1, 0.15) is 5.82 Å². The molecule has 39 heavy (non-hydrogen) atoms. The number of benzene rings is 2. The highest BCUT2D eigenvalue weighted by Gasteiger charge is 2.38. The molecule has 5 aromatic rings. The van der Waals surface area contributed by atoms with Crippen molar-refractivity contribution in [3.05, 3.63) is 57.3 Å². The van der Waals surface area contributed by atoms with Gasteiger partial charge in [-0.2, -0.15) is 5.26 Å². The average Bonchev–Trinajstić information content (AvgIpc) is 3.52. The molecule has 1 N–H and O–H groups in total. The van der Waals surface area contributed by atoms with Crippen LogP contribution < -0.4 is 10.6 Å². The lowest BCUT2D eigenvalue weighted by Crippen LogP contribution is -2.60. The molecule has 200 valence electrons. The van der Waals surface area contributed by atoms with Gasteiger partial charge in [0.15, 0.2) is 0 Å². The van der Waals surface area contributed by atoms with Crippen molar-refractivity contribution in [3.8, 4) is 22.2 Å². The molecule has 1 aliphatic heterocycles. The molecule has 1 fully saturated rings. The van der Waals surface area contributed by atoms with Gasteiger partial charge < -0.3 is 10.0 Å². The molecule has 2 aromatic carbocycles. The smallest absolute Gasteiger partial charge is 0.328 e. The number of aryl methyl sites for hydroxylation is 3. The van der Waals surface area contributed by atoms with Crippen LogP contribution in [0.3, 0.4) is 0 Å². The molecule has 1 saturated heterocycles. The first-order valence-electron chi connectivity index (χ1n) is 12.9. The van der Waals surface area contributed by atoms with Crippen molar-refractivity contribution in [2.24, 2.45) is 14.1 Å². The predicted octanol–water partition coefficient (Wildman–Crippen LogP) is 4.39. The maximum atomic E-state index is 13.0. The van der Waals surface area contributed by atoms with Gasteiger partial charge in [0.2, 0.25) is 0 Å². The van der Waals surface area contributed by atoms with Crippen molar-refractivity contribution in [2.45, 2.75) is 45.6 Å². The summed E-state index contributed by atoms with van der Waals surface area (Å²) in [7, 11) is 3.55. The zero-order valence-corrected chi connectivity index (χ0v) is 24.0. The molecule has 0 bridgehead atoms. The van der Waals surface area contributed by atoms with E-state index in [1.165, 1.54) is 0 Å². The maximum absolute atomic E-state index is 13.0. The fraction of sp³-hybridized carbons (Fsp3) is 0.379. The number of hydrogen-bond acceptors (Lipinski definition) is 7. The van der Waals surface area contributed by atoms with E-state index in [-0.39, 0.29) is 11.1 Å². The van der Waals surface area contributed by atoms with Gasteiger partial charge in [0.25, 0.3) is 0 Å². The number of aliphatic hydroxyl groups is 1. The topological polar surface area (TPSA) is 105 Å². The van der Waals surface area contributed by atoms with Gasteiger partial charge in [-0.05, 0) is 38.1 Å². The van der Waals surface area contributed by atoms with E-state index in [1.807, 2.05) is 38.2 Å². The van der Waals surface area contributed by atoms with Crippen LogP contribution in [0.25, 0.3) is 38.2 Å². The number of anilines is 1. The van der Waals surface area contributed by atoms with Crippen molar-refractivity contribution in [2.75, 3.05) is 18.0 Å². The molecule has 0 unspecified atom stereocenters. The molecule has 0 saturated carbocycles. The number of rotatable bonds is 3. The first-order valence-corrected chi connectivity index (χ1v) is 13.7. The Kier molecular flexibility index (Phi) is 5.38. The monoisotopic (exact) mass is 541 g/mol. The van der Waals surface area contributed by atoms with Crippen molar-refractivity contribution >= 4 is 39.1 Å². The van der Waals surface area contributed by atoms with E-state index in [0.717, 1.165) is 54.7 Å². The van der Waals surface area contributed by atoms with Gasteiger partial charge in [0, 0.05) is 44.4 Å². The standard InChI is InChI=1S/C29H31N7O2S/c1-16-31-13-24(39-16)19-11-20-21(8-17(19)12-30)36(26(32-20)28(2,3)4)18-9-22-25(34(7)27(37)33(22)6)23(10-18)35-14-29(5,38)15-35/h8-11,13,38H,14-15H2,1-7H3. The number of nitriles is 1. The number of imidazole rings is 2. The summed E-state index contributed by atoms with van der Waals surface area (Å²) < 4.78 is 5.42. The molecule has 4 heterocycles. The minimum atomic E-state index is -0.776. The number of thiazole rings is 1. The van der Waals surface area contributed by atoms with Crippen LogP contribution >= 0.6 is 11.3 Å². The Bertz CT molecular complexity index is 1900. The summed E-state index contributed by atoms with van der Waals surface area (Å²) in [6.45, 7) is 11.1. The number of fused-ring (bicyclic) bond motifs is 2. The molecule has 9 nitrogen and oxygen atoms in total. The molecule has 1 aliphatic rings. The van der Waals surface area contributed by atoms with Crippen LogP contribution in [0.2, 0.25) is 0 Å². The summed E-state index contributed by atoms with van der Waals surface area (Å²) in [6, 6.07) is 10.4. The zero-order chi connectivity index (χ0) is 28.0. The van der Waals surface area contributed by atoms with Gasteiger partial charge in [-0.15, -0.1) is 11.3 Å². The molecule has 0 spiro atoms. The SMILES string of the molecule is Cc1ncc(-c2cc3nc(C(C)(C)C)n(-c4cc(N5CC(C)(O)C5)c5c(c4)n(C)c(=O)n5C)c3cc2C#N)s1. The van der Waals surface area contributed by atoms with Gasteiger partial charge in [0.05, 0.1) is 60.6 Å². The fourth-order valence-corrected chi connectivity index (χ4v) is 6.41. The van der Waals surface area contributed by atoms with Crippen LogP contribution in [0.5, 0.6) is 0 Å². The minimum absolute atomic E-state index is 0.113. The van der Waals surface area contributed by atoms with Gasteiger partial charge in [-0.3, -0.25) is 13.7 Å². The zero-order valence-electron chi connectivity index (χ0n) is 23.2. The predicted molar refractivity (Wildman–Crippen MR) is 155 cm³/mol. The Morgan fingerprint density at radius 2 is 1.82 bits per heavy atom. The summed E-state index contributed by atoms with van der Waals surface area (Å²) in [5.41, 5.74) is 5.13. The molecular weight excluding hydrogens is 510 g/mol. The number of β-amino-alcohol motifs (C(OH)–C–C–N with tert-alkyl or cyclic N) is 1. The van der Waals surface area contributed by atoms with Crippen molar-refractivity contribution in [1.82, 2.24) is 23.7 Å². The van der Waals surface area contributed by atoms with E-state index < -0.39 is 5.60 Å². The first kappa shape index (κ1) is 25.3. The highest BCUT2D eigenvalue weighted by atomic mass is 32.1. The fourth-order valence-electron chi connectivity index (χ4n) is 5.60. The third kappa shape index (κ3) is 3.87. The van der Waals surface area contributed by atoms with Gasteiger partial charge in [-0.1, -0.05) is 20.8 Å². The van der Waals surface area contributed by atoms with Crippen molar-refractivity contribution in [3.63, 3.8) is 0 Å². The lowest BCUT2D eigenvalue weighted by Gasteiger charge is -2.46. The molecule has 10 heteroatoms. The number of aromatic nitrogens is 5. The average molecular weight is 542 g/mol. The Hall–Kier alpha value is -3.94. The highest BCUT2D eigenvalue weighted by molar-refractivity contribution is 7.15. The molecule has 0 amide bonds. The Morgan fingerprint density at radius 1 is 1.10 bits per heavy atom. The number of hydrogen-bond donors (Lipinski definition) is 1. The second-order valence-electron chi connectivity index (χ2n) is 11.8. The second-order valence-corrected chi connectivity index (χ2v) is 13.1. The first-order chi connectivity index (χ1) is 18.3.